The molecule has 0 saturated carbocycles. The van der Waals surface area contributed by atoms with Gasteiger partial charge in [-0.3, -0.25) is 0 Å². The number of para-hydroxylation sites is 1. The van der Waals surface area contributed by atoms with E-state index in [2.05, 4.69) is 15.5 Å². The molecule has 6 nitrogen and oxygen atoms in total. The van der Waals surface area contributed by atoms with Crippen molar-refractivity contribution in [3.63, 3.8) is 0 Å². The van der Waals surface area contributed by atoms with E-state index >= 15 is 0 Å². The van der Waals surface area contributed by atoms with Gasteiger partial charge in [-0.25, -0.2) is 9.38 Å². The maximum atomic E-state index is 5.32. The maximum absolute atomic E-state index is 5.32. The second-order valence-corrected chi connectivity index (χ2v) is 5.40. The smallest absolute Gasteiger partial charge is 0.211 e. The highest BCUT2D eigenvalue weighted by atomic mass is 16.5. The zero-order valence-corrected chi connectivity index (χ0v) is 13.5. The molecular formula is C18H17N5O. The third-order valence-corrected chi connectivity index (χ3v) is 3.91. The van der Waals surface area contributed by atoms with Crippen LogP contribution in [0.2, 0.25) is 0 Å². The molecule has 0 aliphatic carbocycles. The van der Waals surface area contributed by atoms with Gasteiger partial charge >= 0.3 is 0 Å². The van der Waals surface area contributed by atoms with Crippen molar-refractivity contribution < 1.29 is 4.74 Å². The van der Waals surface area contributed by atoms with Gasteiger partial charge in [-0.1, -0.05) is 24.3 Å². The van der Waals surface area contributed by atoms with Crippen LogP contribution >= 0.6 is 0 Å². The lowest BCUT2D eigenvalue weighted by Gasteiger charge is -2.10. The Morgan fingerprint density at radius 2 is 1.96 bits per heavy atom. The Labute approximate surface area is 139 Å². The minimum absolute atomic E-state index is 0.731. The van der Waals surface area contributed by atoms with Gasteiger partial charge in [-0.2, -0.15) is 0 Å². The largest absolute Gasteiger partial charge is 0.497 e. The Balaban J connectivity index is 2.04. The number of fused-ring (bicyclic) bond motifs is 3. The van der Waals surface area contributed by atoms with Gasteiger partial charge in [0.05, 0.1) is 12.6 Å². The van der Waals surface area contributed by atoms with Gasteiger partial charge in [0.1, 0.15) is 5.75 Å². The second kappa shape index (κ2) is 5.81. The van der Waals surface area contributed by atoms with Crippen LogP contribution in [0.1, 0.15) is 6.92 Å². The molecule has 0 aliphatic heterocycles. The summed E-state index contributed by atoms with van der Waals surface area (Å²) in [6.07, 6.45) is 0. The zero-order chi connectivity index (χ0) is 16.5. The van der Waals surface area contributed by atoms with Gasteiger partial charge in [0.25, 0.3) is 0 Å². The predicted octanol–water partition coefficient (Wildman–Crippen LogP) is 3.38. The van der Waals surface area contributed by atoms with Crippen molar-refractivity contribution in [3.05, 3.63) is 48.5 Å². The molecule has 120 valence electrons. The molecule has 0 unspecified atom stereocenters. The third-order valence-electron chi connectivity index (χ3n) is 3.91. The van der Waals surface area contributed by atoms with Crippen LogP contribution in [-0.4, -0.2) is 33.2 Å². The number of ether oxygens (including phenoxy) is 1. The average molecular weight is 319 g/mol. The molecule has 2 aromatic heterocycles. The normalized spacial score (nSPS) is 11.1. The summed E-state index contributed by atoms with van der Waals surface area (Å²) in [5, 5.41) is 13.1. The Morgan fingerprint density at radius 1 is 1.08 bits per heavy atom. The molecule has 2 heterocycles. The van der Waals surface area contributed by atoms with Gasteiger partial charge in [-0.15, -0.1) is 10.2 Å². The van der Waals surface area contributed by atoms with Crippen LogP contribution < -0.4 is 10.1 Å². The van der Waals surface area contributed by atoms with Crippen LogP contribution in [0, 0.1) is 0 Å². The van der Waals surface area contributed by atoms with E-state index in [0.29, 0.717) is 0 Å². The number of aromatic nitrogens is 4. The molecule has 0 atom stereocenters. The Kier molecular flexibility index (Phi) is 3.49. The lowest BCUT2D eigenvalue weighted by Crippen LogP contribution is -2.07. The van der Waals surface area contributed by atoms with Gasteiger partial charge in [0.15, 0.2) is 11.5 Å². The van der Waals surface area contributed by atoms with E-state index in [4.69, 9.17) is 9.72 Å². The van der Waals surface area contributed by atoms with E-state index in [1.165, 1.54) is 0 Å². The molecule has 24 heavy (non-hydrogen) atoms. The monoisotopic (exact) mass is 319 g/mol. The van der Waals surface area contributed by atoms with Crippen LogP contribution in [0.15, 0.2) is 48.5 Å². The van der Waals surface area contributed by atoms with Crippen molar-refractivity contribution in [1.29, 1.82) is 0 Å². The average Bonchev–Trinajstić information content (AvgIpc) is 3.08. The van der Waals surface area contributed by atoms with Gasteiger partial charge in [0, 0.05) is 17.5 Å². The molecule has 0 fully saturated rings. The van der Waals surface area contributed by atoms with E-state index < -0.39 is 0 Å². The maximum Gasteiger partial charge on any atom is 0.211 e. The number of nitrogens with zero attached hydrogens (tertiary/aromatic N) is 4. The fourth-order valence-electron chi connectivity index (χ4n) is 2.81. The van der Waals surface area contributed by atoms with Crippen molar-refractivity contribution >= 4 is 22.5 Å². The Morgan fingerprint density at radius 3 is 2.79 bits per heavy atom. The Hall–Kier alpha value is -3.15. The third kappa shape index (κ3) is 2.23. The van der Waals surface area contributed by atoms with Crippen LogP contribution in [0.25, 0.3) is 27.9 Å². The topological polar surface area (TPSA) is 64.3 Å². The number of nitrogens with one attached hydrogen (secondary N) is 1. The van der Waals surface area contributed by atoms with Gasteiger partial charge in [0.2, 0.25) is 5.95 Å². The minimum atomic E-state index is 0.731. The SMILES string of the molecule is CCNc1nc2ccccc2c2nnc(-c3cccc(OC)c3)n12. The summed E-state index contributed by atoms with van der Waals surface area (Å²) in [5.41, 5.74) is 2.61. The number of rotatable bonds is 4. The number of anilines is 1. The summed E-state index contributed by atoms with van der Waals surface area (Å²) in [5.74, 6) is 2.25. The molecular weight excluding hydrogens is 302 g/mol. The highest BCUT2D eigenvalue weighted by Gasteiger charge is 2.16. The van der Waals surface area contributed by atoms with Crippen molar-refractivity contribution in [3.8, 4) is 17.1 Å². The fraction of sp³-hybridized carbons (Fsp3) is 0.167. The first kappa shape index (κ1) is 14.4. The molecule has 4 aromatic rings. The summed E-state index contributed by atoms with van der Waals surface area (Å²) in [4.78, 5) is 4.73. The van der Waals surface area contributed by atoms with E-state index in [0.717, 1.165) is 46.2 Å². The lowest BCUT2D eigenvalue weighted by atomic mass is 10.2. The molecule has 4 rings (SSSR count). The molecule has 6 heteroatoms. The predicted molar refractivity (Wildman–Crippen MR) is 94.4 cm³/mol. The minimum Gasteiger partial charge on any atom is -0.497 e. The molecule has 1 N–H and O–H groups in total. The van der Waals surface area contributed by atoms with Crippen LogP contribution in [0.5, 0.6) is 5.75 Å². The standard InChI is InChI=1S/C18H17N5O/c1-3-19-18-20-15-10-5-4-9-14(15)17-22-21-16(23(17)18)12-7-6-8-13(11-12)24-2/h4-11H,3H2,1-2H3,(H,19,20). The van der Waals surface area contributed by atoms with Crippen molar-refractivity contribution in [2.75, 3.05) is 19.0 Å². The fourth-order valence-corrected chi connectivity index (χ4v) is 2.81. The van der Waals surface area contributed by atoms with E-state index in [1.807, 2.05) is 59.9 Å². The van der Waals surface area contributed by atoms with E-state index in [1.54, 1.807) is 7.11 Å². The quantitative estimate of drug-likeness (QED) is 0.624. The summed E-state index contributed by atoms with van der Waals surface area (Å²) in [6.45, 7) is 2.80. The van der Waals surface area contributed by atoms with E-state index in [-0.39, 0.29) is 0 Å². The number of methoxy groups -OCH3 is 1. The summed E-state index contributed by atoms with van der Waals surface area (Å²) in [7, 11) is 1.65. The van der Waals surface area contributed by atoms with Crippen LogP contribution in [0.4, 0.5) is 5.95 Å². The molecule has 0 saturated heterocycles. The first-order valence-electron chi connectivity index (χ1n) is 7.84. The molecule has 0 aliphatic rings. The number of hydrogen-bond donors (Lipinski definition) is 1. The first-order valence-corrected chi connectivity index (χ1v) is 7.84. The molecule has 0 amide bonds. The molecule has 0 bridgehead atoms. The van der Waals surface area contributed by atoms with Gasteiger partial charge in [-0.05, 0) is 31.2 Å². The highest BCUT2D eigenvalue weighted by Crippen LogP contribution is 2.28. The van der Waals surface area contributed by atoms with Crippen molar-refractivity contribution in [1.82, 2.24) is 19.6 Å². The van der Waals surface area contributed by atoms with Crippen molar-refractivity contribution in [2.24, 2.45) is 0 Å². The highest BCUT2D eigenvalue weighted by molar-refractivity contribution is 5.93. The Bertz CT molecular complexity index is 1020. The summed E-state index contributed by atoms with van der Waals surface area (Å²) >= 11 is 0. The lowest BCUT2D eigenvalue weighted by molar-refractivity contribution is 0.415. The summed E-state index contributed by atoms with van der Waals surface area (Å²) in [6, 6.07) is 15.7. The summed E-state index contributed by atoms with van der Waals surface area (Å²) < 4.78 is 7.28. The molecule has 0 radical (unpaired) electrons. The molecule has 0 spiro atoms. The number of benzene rings is 2. The number of hydrogen-bond acceptors (Lipinski definition) is 5. The van der Waals surface area contributed by atoms with Gasteiger partial charge < -0.3 is 10.1 Å². The van der Waals surface area contributed by atoms with Crippen LogP contribution in [0.3, 0.4) is 0 Å². The van der Waals surface area contributed by atoms with Crippen LogP contribution in [-0.2, 0) is 0 Å². The zero-order valence-electron chi connectivity index (χ0n) is 13.5. The second-order valence-electron chi connectivity index (χ2n) is 5.40. The first-order chi connectivity index (χ1) is 11.8. The van der Waals surface area contributed by atoms with E-state index in [9.17, 15) is 0 Å². The van der Waals surface area contributed by atoms with Crippen molar-refractivity contribution in [2.45, 2.75) is 6.92 Å². The molecule has 2 aromatic carbocycles.